The van der Waals surface area contributed by atoms with E-state index in [1.165, 1.54) is 0 Å². The average Bonchev–Trinajstić information content (AvgIpc) is 3.33. The first kappa shape index (κ1) is 16.0. The van der Waals surface area contributed by atoms with Crippen LogP contribution in [0.15, 0.2) is 28.9 Å². The number of rotatable bonds is 3. The molecule has 1 N–H and O–H groups in total. The van der Waals surface area contributed by atoms with E-state index < -0.39 is 0 Å². The van der Waals surface area contributed by atoms with Crippen molar-refractivity contribution in [2.75, 3.05) is 37.0 Å². The van der Waals surface area contributed by atoms with Gasteiger partial charge in [-0.3, -0.25) is 0 Å². The van der Waals surface area contributed by atoms with Crippen LogP contribution >= 0.6 is 0 Å². The molecule has 9 nitrogen and oxygen atoms in total. The van der Waals surface area contributed by atoms with Gasteiger partial charge in [0.1, 0.15) is 5.82 Å². The molecule has 0 unspecified atom stereocenters. The first-order chi connectivity index (χ1) is 13.2. The minimum atomic E-state index is 0.314. The second-order valence-electron chi connectivity index (χ2n) is 7.10. The summed E-state index contributed by atoms with van der Waals surface area (Å²) >= 11 is 0. The largest absolute Gasteiger partial charge is 0.360 e. The molecule has 9 heteroatoms. The van der Waals surface area contributed by atoms with Gasteiger partial charge in [0, 0.05) is 33.1 Å². The smallest absolute Gasteiger partial charge is 0.245 e. The number of benzene rings is 1. The summed E-state index contributed by atoms with van der Waals surface area (Å²) in [6.07, 6.45) is 2.15. The third-order valence-electron chi connectivity index (χ3n) is 5.02. The molecule has 0 spiro atoms. The van der Waals surface area contributed by atoms with Crippen LogP contribution in [-0.4, -0.2) is 57.4 Å². The summed E-state index contributed by atoms with van der Waals surface area (Å²) in [6, 6.07) is 8.14. The van der Waals surface area contributed by atoms with Crippen molar-refractivity contribution in [1.82, 2.24) is 30.2 Å². The highest BCUT2D eigenvalue weighted by Crippen LogP contribution is 2.33. The lowest BCUT2D eigenvalue weighted by Crippen LogP contribution is -2.36. The number of nitrogens with one attached hydrogen (secondary N) is 1. The highest BCUT2D eigenvalue weighted by Gasteiger charge is 2.28. The molecule has 0 bridgehead atoms. The Hall–Kier alpha value is -3.23. The third-order valence-corrected chi connectivity index (χ3v) is 5.02. The zero-order valence-electron chi connectivity index (χ0n) is 15.3. The van der Waals surface area contributed by atoms with Crippen molar-refractivity contribution in [3.63, 3.8) is 0 Å². The number of para-hydroxylation sites is 2. The molecule has 0 aliphatic carbocycles. The van der Waals surface area contributed by atoms with E-state index in [-0.39, 0.29) is 0 Å². The molecular weight excluding hydrogens is 344 g/mol. The molecule has 138 valence electrons. The molecule has 4 heterocycles. The van der Waals surface area contributed by atoms with Crippen molar-refractivity contribution in [1.29, 1.82) is 0 Å². The fourth-order valence-corrected chi connectivity index (χ4v) is 3.69. The summed E-state index contributed by atoms with van der Waals surface area (Å²) < 4.78 is 4.79. The fraction of sp³-hybridized carbons (Fsp3) is 0.389. The number of aromatic amines is 1. The van der Waals surface area contributed by atoms with Gasteiger partial charge in [-0.1, -0.05) is 12.1 Å². The number of anilines is 2. The molecule has 1 aliphatic rings. The van der Waals surface area contributed by atoms with E-state index >= 15 is 0 Å². The maximum absolute atomic E-state index is 4.80. The Balaban J connectivity index is 1.50. The van der Waals surface area contributed by atoms with Crippen LogP contribution in [0.5, 0.6) is 0 Å². The monoisotopic (exact) mass is 364 g/mol. The first-order valence-corrected chi connectivity index (χ1v) is 9.06. The van der Waals surface area contributed by atoms with Gasteiger partial charge >= 0.3 is 0 Å². The molecule has 1 aliphatic heterocycles. The van der Waals surface area contributed by atoms with Gasteiger partial charge in [0.25, 0.3) is 0 Å². The first-order valence-electron chi connectivity index (χ1n) is 9.06. The van der Waals surface area contributed by atoms with Crippen LogP contribution in [0.4, 0.5) is 11.6 Å². The van der Waals surface area contributed by atoms with Crippen LogP contribution in [0.3, 0.4) is 0 Å². The number of imidazole rings is 1. The minimum Gasteiger partial charge on any atom is -0.360 e. The number of nitrogens with zero attached hydrogens (tertiary/aromatic N) is 7. The minimum absolute atomic E-state index is 0.314. The van der Waals surface area contributed by atoms with E-state index in [0.717, 1.165) is 54.4 Å². The van der Waals surface area contributed by atoms with Gasteiger partial charge in [-0.2, -0.15) is 0 Å². The Morgan fingerprint density at radius 2 is 1.93 bits per heavy atom. The highest BCUT2D eigenvalue weighted by atomic mass is 16.6. The molecule has 4 aromatic rings. The summed E-state index contributed by atoms with van der Waals surface area (Å²) in [4.78, 5) is 21.7. The third kappa shape index (κ3) is 2.75. The standard InChI is InChI=1S/C18H20N8O/c1-25(2)17-18(22-16-15(21-17)23-27-24-16)26-9-5-6-11(10-26)14-19-12-7-3-4-8-13(12)20-14/h3-4,7-8,11H,5-6,9-10H2,1-2H3,(H,19,20)/t11-/m1/s1. The summed E-state index contributed by atoms with van der Waals surface area (Å²) in [5.74, 6) is 2.92. The molecule has 0 saturated carbocycles. The SMILES string of the molecule is CN(C)c1nc2nonc2nc1N1CCC[C@@H](c2nc3ccccc3[nH]2)C1. The number of piperidine rings is 1. The van der Waals surface area contributed by atoms with Crippen molar-refractivity contribution in [3.8, 4) is 0 Å². The lowest BCUT2D eigenvalue weighted by molar-refractivity contribution is 0.314. The van der Waals surface area contributed by atoms with Gasteiger partial charge in [-0.15, -0.1) is 0 Å². The van der Waals surface area contributed by atoms with Crippen LogP contribution in [-0.2, 0) is 0 Å². The number of H-pyrrole nitrogens is 1. The van der Waals surface area contributed by atoms with E-state index in [9.17, 15) is 0 Å². The van der Waals surface area contributed by atoms with Crippen LogP contribution < -0.4 is 9.80 Å². The predicted molar refractivity (Wildman–Crippen MR) is 102 cm³/mol. The molecule has 0 radical (unpaired) electrons. The molecule has 0 amide bonds. The van der Waals surface area contributed by atoms with Gasteiger partial charge in [0.15, 0.2) is 11.6 Å². The topological polar surface area (TPSA) is 99.9 Å². The summed E-state index contributed by atoms with van der Waals surface area (Å²) in [6.45, 7) is 1.75. The van der Waals surface area contributed by atoms with Gasteiger partial charge in [0.2, 0.25) is 11.3 Å². The van der Waals surface area contributed by atoms with Gasteiger partial charge < -0.3 is 14.8 Å². The zero-order valence-corrected chi connectivity index (χ0v) is 15.3. The Labute approximate surface area is 155 Å². The van der Waals surface area contributed by atoms with Crippen molar-refractivity contribution in [3.05, 3.63) is 30.1 Å². The van der Waals surface area contributed by atoms with Crippen LogP contribution in [0.1, 0.15) is 24.6 Å². The van der Waals surface area contributed by atoms with E-state index in [4.69, 9.17) is 9.61 Å². The molecule has 1 atom stereocenters. The number of hydrogen-bond acceptors (Lipinski definition) is 8. The quantitative estimate of drug-likeness (QED) is 0.591. The molecule has 3 aromatic heterocycles. The summed E-state index contributed by atoms with van der Waals surface area (Å²) in [5.41, 5.74) is 2.94. The summed E-state index contributed by atoms with van der Waals surface area (Å²) in [5, 5.41) is 7.67. The van der Waals surface area contributed by atoms with Crippen LogP contribution in [0, 0.1) is 0 Å². The lowest BCUT2D eigenvalue weighted by atomic mass is 9.97. The normalized spacial score (nSPS) is 17.7. The molecule has 1 saturated heterocycles. The van der Waals surface area contributed by atoms with Crippen molar-refractivity contribution < 1.29 is 4.63 Å². The van der Waals surface area contributed by atoms with E-state index in [0.29, 0.717) is 17.2 Å². The fourth-order valence-electron chi connectivity index (χ4n) is 3.69. The lowest BCUT2D eigenvalue weighted by Gasteiger charge is -2.34. The maximum Gasteiger partial charge on any atom is 0.245 e. The predicted octanol–water partition coefficient (Wildman–Crippen LogP) is 2.34. The van der Waals surface area contributed by atoms with E-state index in [2.05, 4.69) is 36.2 Å². The Kier molecular flexibility index (Phi) is 3.66. The molecule has 5 rings (SSSR count). The summed E-state index contributed by atoms with van der Waals surface area (Å²) in [7, 11) is 3.90. The number of fused-ring (bicyclic) bond motifs is 2. The Morgan fingerprint density at radius 1 is 1.11 bits per heavy atom. The molecular formula is C18H20N8O. The Morgan fingerprint density at radius 3 is 2.74 bits per heavy atom. The van der Waals surface area contributed by atoms with E-state index in [1.54, 1.807) is 0 Å². The zero-order chi connectivity index (χ0) is 18.4. The van der Waals surface area contributed by atoms with Gasteiger partial charge in [-0.05, 0) is 35.3 Å². The number of aromatic nitrogens is 6. The molecule has 1 fully saturated rings. The van der Waals surface area contributed by atoms with Gasteiger partial charge in [-0.25, -0.2) is 19.6 Å². The van der Waals surface area contributed by atoms with Crippen molar-refractivity contribution >= 4 is 34.0 Å². The number of hydrogen-bond donors (Lipinski definition) is 1. The second-order valence-corrected chi connectivity index (χ2v) is 7.10. The second kappa shape index (κ2) is 6.19. The highest BCUT2D eigenvalue weighted by molar-refractivity contribution is 5.76. The van der Waals surface area contributed by atoms with E-state index in [1.807, 2.05) is 37.2 Å². The average molecular weight is 364 g/mol. The van der Waals surface area contributed by atoms with Crippen molar-refractivity contribution in [2.45, 2.75) is 18.8 Å². The van der Waals surface area contributed by atoms with Crippen LogP contribution in [0.25, 0.3) is 22.3 Å². The van der Waals surface area contributed by atoms with Crippen LogP contribution in [0.2, 0.25) is 0 Å². The maximum atomic E-state index is 4.80. The van der Waals surface area contributed by atoms with Crippen molar-refractivity contribution in [2.24, 2.45) is 0 Å². The molecule has 27 heavy (non-hydrogen) atoms. The molecule has 1 aromatic carbocycles. The van der Waals surface area contributed by atoms with Gasteiger partial charge in [0.05, 0.1) is 11.0 Å². The Bertz CT molecular complexity index is 1070.